The van der Waals surface area contributed by atoms with Crippen molar-refractivity contribution in [2.24, 2.45) is 0 Å². The Morgan fingerprint density at radius 3 is 1.91 bits per heavy atom. The van der Waals surface area contributed by atoms with Crippen molar-refractivity contribution in [2.45, 2.75) is 25.0 Å². The van der Waals surface area contributed by atoms with Crippen LogP contribution in [-0.2, 0) is 5.41 Å². The molecule has 0 bridgehead atoms. The van der Waals surface area contributed by atoms with Crippen molar-refractivity contribution in [3.63, 3.8) is 0 Å². The second kappa shape index (κ2) is 10.7. The maximum Gasteiger partial charge on any atom is 0.0714 e. The highest BCUT2D eigenvalue weighted by Gasteiger charge is 2.47. The van der Waals surface area contributed by atoms with E-state index in [1.54, 1.807) is 0 Å². The van der Waals surface area contributed by atoms with Gasteiger partial charge in [-0.1, -0.05) is 169 Å². The number of benzene rings is 7. The predicted molar refractivity (Wildman–Crippen MR) is 191 cm³/mol. The predicted octanol–water partition coefficient (Wildman–Crippen LogP) is 12.0. The van der Waals surface area contributed by atoms with Crippen LogP contribution in [0.1, 0.15) is 33.4 Å². The summed E-state index contributed by atoms with van der Waals surface area (Å²) < 4.78 is 0. The molecule has 7 aromatic rings. The molecular formula is C43H28S2. The Labute approximate surface area is 272 Å². The molecule has 0 unspecified atom stereocenters. The van der Waals surface area contributed by atoms with Gasteiger partial charge in [0.2, 0.25) is 0 Å². The van der Waals surface area contributed by atoms with Gasteiger partial charge in [0.15, 0.2) is 0 Å². The summed E-state index contributed by atoms with van der Waals surface area (Å²) in [5, 5.41) is 2.53. The van der Waals surface area contributed by atoms with Crippen molar-refractivity contribution in [2.75, 3.05) is 0 Å². The van der Waals surface area contributed by atoms with E-state index >= 15 is 0 Å². The zero-order valence-corrected chi connectivity index (χ0v) is 26.1. The van der Waals surface area contributed by atoms with Crippen LogP contribution in [-0.4, -0.2) is 0 Å². The molecule has 0 fully saturated rings. The highest BCUT2D eigenvalue weighted by Crippen LogP contribution is 2.62. The minimum atomic E-state index is -0.437. The summed E-state index contributed by atoms with van der Waals surface area (Å²) in [6.45, 7) is 0. The summed E-state index contributed by atoms with van der Waals surface area (Å²) in [5.41, 5.74) is 9.97. The minimum Gasteiger partial charge on any atom is -0.0877 e. The molecule has 1 heterocycles. The molecule has 2 aliphatic rings. The molecule has 0 nitrogen and oxygen atoms in total. The van der Waals surface area contributed by atoms with Crippen LogP contribution in [0, 0.1) is 0 Å². The van der Waals surface area contributed by atoms with Gasteiger partial charge in [-0.25, -0.2) is 0 Å². The van der Waals surface area contributed by atoms with E-state index in [9.17, 15) is 0 Å². The van der Waals surface area contributed by atoms with Crippen molar-refractivity contribution in [1.29, 1.82) is 0 Å². The SMILES string of the molecule is C(=Cc1cccc2ccccc12)c1ccc2c(c1)C(c1ccccc1)(c1ccccc1)c1ccc3c(c1-2)Sc1ccccc1S3. The minimum absolute atomic E-state index is 0.437. The van der Waals surface area contributed by atoms with Crippen molar-refractivity contribution in [3.8, 4) is 11.1 Å². The number of fused-ring (bicyclic) bond motifs is 7. The van der Waals surface area contributed by atoms with Crippen LogP contribution >= 0.6 is 23.5 Å². The van der Waals surface area contributed by atoms with E-state index in [0.29, 0.717) is 0 Å². The van der Waals surface area contributed by atoms with Crippen molar-refractivity contribution in [1.82, 2.24) is 0 Å². The summed E-state index contributed by atoms with van der Waals surface area (Å²) in [6, 6.07) is 58.0. The third kappa shape index (κ3) is 4.17. The lowest BCUT2D eigenvalue weighted by atomic mass is 9.67. The molecule has 212 valence electrons. The van der Waals surface area contributed by atoms with Gasteiger partial charge >= 0.3 is 0 Å². The third-order valence-electron chi connectivity index (χ3n) is 9.22. The van der Waals surface area contributed by atoms with E-state index in [4.69, 9.17) is 0 Å². The molecule has 1 aliphatic heterocycles. The highest BCUT2D eigenvalue weighted by atomic mass is 32.2. The second-order valence-corrected chi connectivity index (χ2v) is 13.8. The average molecular weight is 609 g/mol. The Morgan fingerprint density at radius 2 is 1.13 bits per heavy atom. The van der Waals surface area contributed by atoms with Crippen molar-refractivity contribution < 1.29 is 0 Å². The van der Waals surface area contributed by atoms with Gasteiger partial charge in [-0.05, 0) is 74.0 Å². The molecule has 1 aliphatic carbocycles. The molecular weight excluding hydrogens is 581 g/mol. The molecule has 0 spiro atoms. The third-order valence-corrected chi connectivity index (χ3v) is 11.8. The molecule has 0 N–H and O–H groups in total. The lowest BCUT2D eigenvalue weighted by molar-refractivity contribution is 0.765. The van der Waals surface area contributed by atoms with Crippen LogP contribution in [0.5, 0.6) is 0 Å². The van der Waals surface area contributed by atoms with Gasteiger partial charge in [0, 0.05) is 25.1 Å². The molecule has 0 amide bonds. The van der Waals surface area contributed by atoms with Crippen LogP contribution in [0.2, 0.25) is 0 Å². The van der Waals surface area contributed by atoms with E-state index in [1.807, 2.05) is 23.5 Å². The molecule has 0 saturated carbocycles. The lowest BCUT2D eigenvalue weighted by Crippen LogP contribution is -2.28. The van der Waals surface area contributed by atoms with E-state index in [2.05, 4.69) is 170 Å². The first kappa shape index (κ1) is 26.6. The summed E-state index contributed by atoms with van der Waals surface area (Å²) in [5.74, 6) is 0. The number of hydrogen-bond donors (Lipinski definition) is 0. The first-order valence-electron chi connectivity index (χ1n) is 15.3. The average Bonchev–Trinajstić information content (AvgIpc) is 3.41. The summed E-state index contributed by atoms with van der Waals surface area (Å²) in [4.78, 5) is 5.36. The molecule has 7 aromatic carbocycles. The van der Waals surface area contributed by atoms with Gasteiger partial charge in [0.25, 0.3) is 0 Å². The fourth-order valence-electron chi connectivity index (χ4n) is 7.26. The maximum absolute atomic E-state index is 2.44. The Hall–Kier alpha value is -4.76. The quantitative estimate of drug-likeness (QED) is 0.182. The molecule has 9 rings (SSSR count). The maximum atomic E-state index is 2.44. The number of rotatable bonds is 4. The van der Waals surface area contributed by atoms with Gasteiger partial charge in [-0.2, -0.15) is 0 Å². The lowest BCUT2D eigenvalue weighted by Gasteiger charge is -2.34. The highest BCUT2D eigenvalue weighted by molar-refractivity contribution is 8.05. The Balaban J connectivity index is 1.30. The Morgan fingerprint density at radius 1 is 0.467 bits per heavy atom. The van der Waals surface area contributed by atoms with Gasteiger partial charge < -0.3 is 0 Å². The van der Waals surface area contributed by atoms with Crippen LogP contribution in [0.15, 0.2) is 177 Å². The zero-order chi connectivity index (χ0) is 29.8. The smallest absolute Gasteiger partial charge is 0.0714 e. The molecule has 2 heteroatoms. The van der Waals surface area contributed by atoms with Gasteiger partial charge in [-0.3, -0.25) is 0 Å². The fourth-order valence-corrected chi connectivity index (χ4v) is 9.67. The molecule has 0 aromatic heterocycles. The Bertz CT molecular complexity index is 2220. The van der Waals surface area contributed by atoms with Gasteiger partial charge in [-0.15, -0.1) is 0 Å². The molecule has 45 heavy (non-hydrogen) atoms. The first-order valence-corrected chi connectivity index (χ1v) is 17.0. The summed E-state index contributed by atoms with van der Waals surface area (Å²) >= 11 is 3.81. The summed E-state index contributed by atoms with van der Waals surface area (Å²) in [7, 11) is 0. The topological polar surface area (TPSA) is 0 Å². The standard InChI is InChI=1S/C43H28S2/c1-3-15-32(16-4-1)43(33-17-5-2-6-18-33)36-26-27-40-42(45-39-21-10-9-20-38(39)44-40)41(36)35-25-23-29(28-37(35)43)22-24-31-14-11-13-30-12-7-8-19-34(30)31/h1-28H. The number of hydrogen-bond acceptors (Lipinski definition) is 2. The normalized spacial score (nSPS) is 14.1. The molecule has 0 saturated heterocycles. The van der Waals surface area contributed by atoms with E-state index in [1.165, 1.54) is 74.9 Å². The second-order valence-electron chi connectivity index (χ2n) is 11.7. The Kier molecular flexibility index (Phi) is 6.33. The van der Waals surface area contributed by atoms with E-state index in [-0.39, 0.29) is 0 Å². The first-order chi connectivity index (χ1) is 22.3. The van der Waals surface area contributed by atoms with Crippen molar-refractivity contribution >= 4 is 46.4 Å². The molecule has 0 atom stereocenters. The molecule has 0 radical (unpaired) electrons. The van der Waals surface area contributed by atoms with Crippen LogP contribution in [0.4, 0.5) is 0 Å². The van der Waals surface area contributed by atoms with Gasteiger partial charge in [0.1, 0.15) is 0 Å². The zero-order valence-electron chi connectivity index (χ0n) is 24.5. The van der Waals surface area contributed by atoms with Gasteiger partial charge in [0.05, 0.1) is 5.41 Å². The van der Waals surface area contributed by atoms with Crippen LogP contribution in [0.3, 0.4) is 0 Å². The summed E-state index contributed by atoms with van der Waals surface area (Å²) in [6.07, 6.45) is 4.55. The van der Waals surface area contributed by atoms with Crippen LogP contribution in [0.25, 0.3) is 34.1 Å². The fraction of sp³-hybridized carbons (Fsp3) is 0.0233. The van der Waals surface area contributed by atoms with E-state index < -0.39 is 5.41 Å². The van der Waals surface area contributed by atoms with E-state index in [0.717, 1.165) is 0 Å². The largest absolute Gasteiger partial charge is 0.0877 e. The monoisotopic (exact) mass is 608 g/mol. The van der Waals surface area contributed by atoms with Crippen LogP contribution < -0.4 is 0 Å². The van der Waals surface area contributed by atoms with Crippen molar-refractivity contribution in [3.05, 3.63) is 191 Å².